The van der Waals surface area contributed by atoms with Crippen LogP contribution in [-0.2, 0) is 15.9 Å². The van der Waals surface area contributed by atoms with E-state index in [0.717, 1.165) is 35.8 Å². The minimum Gasteiger partial charge on any atom is -0.383 e. The lowest BCUT2D eigenvalue weighted by molar-refractivity contribution is 0.190. The summed E-state index contributed by atoms with van der Waals surface area (Å²) in [5, 5.41) is 0.764. The van der Waals surface area contributed by atoms with Crippen molar-refractivity contribution in [3.8, 4) is 0 Å². The molecule has 0 aliphatic heterocycles. The first-order chi connectivity index (χ1) is 9.60. The van der Waals surface area contributed by atoms with Gasteiger partial charge in [0, 0.05) is 44.1 Å². The number of benzene rings is 1. The number of nitrogens with two attached hydrogens (primary N) is 1. The van der Waals surface area contributed by atoms with E-state index in [1.807, 2.05) is 19.1 Å². The smallest absolute Gasteiger partial charge is 0.0637 e. The number of nitrogens with zero attached hydrogens (tertiary/aromatic N) is 1. The molecule has 4 nitrogen and oxygen atoms in total. The predicted molar refractivity (Wildman–Crippen MR) is 84.8 cm³/mol. The van der Waals surface area contributed by atoms with Crippen molar-refractivity contribution in [2.75, 3.05) is 45.4 Å². The standard InChI is InChI=1S/C15H25ClN2O2/c1-12(17)11-13-14(16)5-4-6-15(13)18(7-9-19-2)8-10-20-3/h4-6,12H,7-11,17H2,1-3H3. The molecular formula is C15H25ClN2O2. The second-order valence-electron chi connectivity index (χ2n) is 4.89. The SMILES string of the molecule is COCCN(CCOC)c1cccc(Cl)c1CC(C)N. The lowest BCUT2D eigenvalue weighted by atomic mass is 10.0. The number of hydrogen-bond donors (Lipinski definition) is 1. The second-order valence-corrected chi connectivity index (χ2v) is 5.30. The van der Waals surface area contributed by atoms with Crippen molar-refractivity contribution in [1.29, 1.82) is 0 Å². The van der Waals surface area contributed by atoms with Crippen molar-refractivity contribution in [2.45, 2.75) is 19.4 Å². The number of methoxy groups -OCH3 is 2. The van der Waals surface area contributed by atoms with Gasteiger partial charge < -0.3 is 20.1 Å². The third kappa shape index (κ3) is 5.29. The Hall–Kier alpha value is -0.810. The summed E-state index contributed by atoms with van der Waals surface area (Å²) in [5.41, 5.74) is 8.14. The highest BCUT2D eigenvalue weighted by Crippen LogP contribution is 2.28. The van der Waals surface area contributed by atoms with Gasteiger partial charge in [0.05, 0.1) is 13.2 Å². The van der Waals surface area contributed by atoms with Crippen molar-refractivity contribution in [3.63, 3.8) is 0 Å². The van der Waals surface area contributed by atoms with Crippen LogP contribution in [-0.4, -0.2) is 46.6 Å². The molecule has 0 heterocycles. The van der Waals surface area contributed by atoms with E-state index in [-0.39, 0.29) is 6.04 Å². The molecular weight excluding hydrogens is 276 g/mol. The average molecular weight is 301 g/mol. The topological polar surface area (TPSA) is 47.7 Å². The Balaban J connectivity index is 3.00. The van der Waals surface area contributed by atoms with Gasteiger partial charge >= 0.3 is 0 Å². The maximum atomic E-state index is 6.34. The van der Waals surface area contributed by atoms with Gasteiger partial charge in [0.1, 0.15) is 0 Å². The summed E-state index contributed by atoms with van der Waals surface area (Å²) in [6, 6.07) is 6.03. The first-order valence-electron chi connectivity index (χ1n) is 6.86. The van der Waals surface area contributed by atoms with Crippen molar-refractivity contribution < 1.29 is 9.47 Å². The molecule has 20 heavy (non-hydrogen) atoms. The van der Waals surface area contributed by atoms with Crippen LogP contribution in [0.5, 0.6) is 0 Å². The summed E-state index contributed by atoms with van der Waals surface area (Å²) >= 11 is 6.34. The van der Waals surface area contributed by atoms with E-state index < -0.39 is 0 Å². The number of anilines is 1. The highest BCUT2D eigenvalue weighted by molar-refractivity contribution is 6.31. The summed E-state index contributed by atoms with van der Waals surface area (Å²) in [7, 11) is 3.41. The Morgan fingerprint density at radius 1 is 1.20 bits per heavy atom. The summed E-state index contributed by atoms with van der Waals surface area (Å²) in [4.78, 5) is 2.23. The summed E-state index contributed by atoms with van der Waals surface area (Å²) in [5.74, 6) is 0. The number of hydrogen-bond acceptors (Lipinski definition) is 4. The van der Waals surface area contributed by atoms with Crippen molar-refractivity contribution >= 4 is 17.3 Å². The van der Waals surface area contributed by atoms with Gasteiger partial charge in [0.25, 0.3) is 0 Å². The lowest BCUT2D eigenvalue weighted by Gasteiger charge is -2.27. The molecule has 2 N–H and O–H groups in total. The molecule has 0 saturated carbocycles. The van der Waals surface area contributed by atoms with E-state index in [1.54, 1.807) is 14.2 Å². The van der Waals surface area contributed by atoms with Crippen molar-refractivity contribution in [3.05, 3.63) is 28.8 Å². The Bertz CT molecular complexity index is 391. The molecule has 114 valence electrons. The zero-order chi connectivity index (χ0) is 15.0. The Labute approximate surface area is 126 Å². The van der Waals surface area contributed by atoms with Gasteiger partial charge in [-0.05, 0) is 31.0 Å². The van der Waals surface area contributed by atoms with Crippen LogP contribution in [0.2, 0.25) is 5.02 Å². The maximum absolute atomic E-state index is 6.34. The predicted octanol–water partition coefficient (Wildman–Crippen LogP) is 2.33. The van der Waals surface area contributed by atoms with Gasteiger partial charge in [-0.1, -0.05) is 17.7 Å². The van der Waals surface area contributed by atoms with E-state index in [2.05, 4.69) is 11.0 Å². The molecule has 0 fully saturated rings. The second kappa shape index (κ2) is 9.19. The van der Waals surface area contributed by atoms with E-state index in [9.17, 15) is 0 Å². The van der Waals surface area contributed by atoms with E-state index in [4.69, 9.17) is 26.8 Å². The van der Waals surface area contributed by atoms with Crippen LogP contribution in [0, 0.1) is 0 Å². The van der Waals surface area contributed by atoms with Crippen LogP contribution < -0.4 is 10.6 Å². The fourth-order valence-electron chi connectivity index (χ4n) is 2.12. The largest absolute Gasteiger partial charge is 0.383 e. The number of rotatable bonds is 9. The van der Waals surface area contributed by atoms with Gasteiger partial charge in [-0.2, -0.15) is 0 Å². The monoisotopic (exact) mass is 300 g/mol. The molecule has 1 atom stereocenters. The maximum Gasteiger partial charge on any atom is 0.0637 e. The van der Waals surface area contributed by atoms with Crippen molar-refractivity contribution in [2.24, 2.45) is 5.73 Å². The Morgan fingerprint density at radius 3 is 2.30 bits per heavy atom. The van der Waals surface area contributed by atoms with Gasteiger partial charge in [0.15, 0.2) is 0 Å². The van der Waals surface area contributed by atoms with E-state index in [0.29, 0.717) is 13.2 Å². The molecule has 0 bridgehead atoms. The third-order valence-corrected chi connectivity index (χ3v) is 3.45. The summed E-state index contributed by atoms with van der Waals surface area (Å²) in [6.07, 6.45) is 0.755. The molecule has 1 aromatic rings. The zero-order valence-corrected chi connectivity index (χ0v) is 13.3. The summed E-state index contributed by atoms with van der Waals surface area (Å²) < 4.78 is 10.4. The molecule has 1 rings (SSSR count). The Kier molecular flexibility index (Phi) is 7.92. The van der Waals surface area contributed by atoms with Crippen molar-refractivity contribution in [1.82, 2.24) is 0 Å². The molecule has 0 radical (unpaired) electrons. The van der Waals surface area contributed by atoms with E-state index in [1.165, 1.54) is 0 Å². The van der Waals surface area contributed by atoms with Crippen LogP contribution in [0.1, 0.15) is 12.5 Å². The molecule has 0 saturated heterocycles. The number of ether oxygens (including phenoxy) is 2. The van der Waals surface area contributed by atoms with Crippen LogP contribution in [0.4, 0.5) is 5.69 Å². The minimum absolute atomic E-state index is 0.0698. The number of halogens is 1. The van der Waals surface area contributed by atoms with E-state index >= 15 is 0 Å². The lowest BCUT2D eigenvalue weighted by Crippen LogP contribution is -2.32. The molecule has 0 amide bonds. The highest BCUT2D eigenvalue weighted by atomic mass is 35.5. The highest BCUT2D eigenvalue weighted by Gasteiger charge is 2.15. The molecule has 0 aromatic heterocycles. The fraction of sp³-hybridized carbons (Fsp3) is 0.600. The van der Waals surface area contributed by atoms with Gasteiger partial charge in [-0.3, -0.25) is 0 Å². The molecule has 1 aromatic carbocycles. The molecule has 5 heteroatoms. The first kappa shape index (κ1) is 17.2. The van der Waals surface area contributed by atoms with Crippen LogP contribution in [0.15, 0.2) is 18.2 Å². The third-order valence-electron chi connectivity index (χ3n) is 3.09. The fourth-order valence-corrected chi connectivity index (χ4v) is 2.37. The molecule has 0 aliphatic carbocycles. The first-order valence-corrected chi connectivity index (χ1v) is 7.23. The zero-order valence-electron chi connectivity index (χ0n) is 12.6. The van der Waals surface area contributed by atoms with Crippen LogP contribution in [0.25, 0.3) is 0 Å². The van der Waals surface area contributed by atoms with Gasteiger partial charge in [-0.15, -0.1) is 0 Å². The normalized spacial score (nSPS) is 12.4. The van der Waals surface area contributed by atoms with Gasteiger partial charge in [-0.25, -0.2) is 0 Å². The van der Waals surface area contributed by atoms with Gasteiger partial charge in [0.2, 0.25) is 0 Å². The molecule has 1 unspecified atom stereocenters. The Morgan fingerprint density at radius 2 is 1.80 bits per heavy atom. The minimum atomic E-state index is 0.0698. The molecule has 0 aliphatic rings. The van der Waals surface area contributed by atoms with Crippen LogP contribution >= 0.6 is 11.6 Å². The quantitative estimate of drug-likeness (QED) is 0.760. The van der Waals surface area contributed by atoms with Crippen LogP contribution in [0.3, 0.4) is 0 Å². The summed E-state index contributed by atoms with van der Waals surface area (Å²) in [6.45, 7) is 4.90. The average Bonchev–Trinajstić information content (AvgIpc) is 2.41. The molecule has 0 spiro atoms.